The predicted molar refractivity (Wildman–Crippen MR) is 82.2 cm³/mol. The number of hydrogen-bond donors (Lipinski definition) is 2. The normalized spacial score (nSPS) is 11.9. The average Bonchev–Trinajstić information content (AvgIpc) is 2.42. The predicted octanol–water partition coefficient (Wildman–Crippen LogP) is 2.81. The fourth-order valence-corrected chi connectivity index (χ4v) is 2.82. The summed E-state index contributed by atoms with van der Waals surface area (Å²) in [5.74, 6) is -1.27. The highest BCUT2D eigenvalue weighted by molar-refractivity contribution is 7.85. The lowest BCUT2D eigenvalue weighted by Gasteiger charge is -2.08. The third kappa shape index (κ3) is 4.27. The van der Waals surface area contributed by atoms with Crippen molar-refractivity contribution in [2.45, 2.75) is 4.90 Å². The standard InChI is InChI=1S/C14H12ClFN2O2S/c15-12-7-10(17)4-5-13(12)18-14(19)8-21(20)11-3-1-2-9(16)6-11/h1-7H,8,17H2,(H,18,19). The van der Waals surface area contributed by atoms with Crippen LogP contribution in [0, 0.1) is 5.82 Å². The van der Waals surface area contributed by atoms with Gasteiger partial charge in [-0.25, -0.2) is 4.39 Å². The molecule has 2 aromatic rings. The van der Waals surface area contributed by atoms with Crippen molar-refractivity contribution in [3.8, 4) is 0 Å². The van der Waals surface area contributed by atoms with Crippen LogP contribution < -0.4 is 11.1 Å². The maximum atomic E-state index is 13.0. The molecular formula is C14H12ClFN2O2S. The van der Waals surface area contributed by atoms with Gasteiger partial charge in [0, 0.05) is 10.6 Å². The molecule has 2 rings (SSSR count). The number of benzene rings is 2. The lowest BCUT2D eigenvalue weighted by molar-refractivity contribution is -0.113. The topological polar surface area (TPSA) is 72.2 Å². The van der Waals surface area contributed by atoms with Crippen molar-refractivity contribution in [2.75, 3.05) is 16.8 Å². The third-order valence-corrected chi connectivity index (χ3v) is 4.21. The number of carbonyl (C=O) groups excluding carboxylic acids is 1. The minimum absolute atomic E-state index is 0.258. The summed E-state index contributed by atoms with van der Waals surface area (Å²) in [7, 11) is -1.63. The second-order valence-corrected chi connectivity index (χ2v) is 6.09. The van der Waals surface area contributed by atoms with Crippen LogP contribution in [0.15, 0.2) is 47.4 Å². The highest BCUT2D eigenvalue weighted by Gasteiger charge is 2.12. The molecule has 0 fully saturated rings. The molecular weight excluding hydrogens is 315 g/mol. The van der Waals surface area contributed by atoms with Crippen molar-refractivity contribution < 1.29 is 13.4 Å². The van der Waals surface area contributed by atoms with Crippen LogP contribution in [-0.2, 0) is 15.6 Å². The Morgan fingerprint density at radius 1 is 1.29 bits per heavy atom. The lowest BCUT2D eigenvalue weighted by atomic mass is 10.3. The molecule has 110 valence electrons. The molecule has 7 heteroatoms. The molecule has 1 amide bonds. The van der Waals surface area contributed by atoms with Crippen LogP contribution in [0.1, 0.15) is 0 Å². The second kappa shape index (κ2) is 6.69. The molecule has 0 spiro atoms. The highest BCUT2D eigenvalue weighted by atomic mass is 35.5. The van der Waals surface area contributed by atoms with Gasteiger partial charge in [0.05, 0.1) is 21.5 Å². The van der Waals surface area contributed by atoms with Crippen molar-refractivity contribution in [2.24, 2.45) is 0 Å². The van der Waals surface area contributed by atoms with Gasteiger partial charge in [0.1, 0.15) is 11.6 Å². The molecule has 4 nitrogen and oxygen atoms in total. The van der Waals surface area contributed by atoms with E-state index in [9.17, 15) is 13.4 Å². The molecule has 0 bridgehead atoms. The molecule has 1 atom stereocenters. The SMILES string of the molecule is Nc1ccc(NC(=O)CS(=O)c2cccc(F)c2)c(Cl)c1. The van der Waals surface area contributed by atoms with Gasteiger partial charge in [0.2, 0.25) is 5.91 Å². The second-order valence-electron chi connectivity index (χ2n) is 4.23. The van der Waals surface area contributed by atoms with E-state index in [-0.39, 0.29) is 10.6 Å². The van der Waals surface area contributed by atoms with E-state index >= 15 is 0 Å². The first-order chi connectivity index (χ1) is 9.95. The Morgan fingerprint density at radius 2 is 2.05 bits per heavy atom. The summed E-state index contributed by atoms with van der Waals surface area (Å²) in [6, 6.07) is 9.97. The zero-order chi connectivity index (χ0) is 15.4. The number of nitrogens with two attached hydrogens (primary N) is 1. The molecule has 3 N–H and O–H groups in total. The van der Waals surface area contributed by atoms with Gasteiger partial charge in [-0.15, -0.1) is 0 Å². The van der Waals surface area contributed by atoms with Gasteiger partial charge in [-0.2, -0.15) is 0 Å². The van der Waals surface area contributed by atoms with E-state index in [1.165, 1.54) is 24.3 Å². The average molecular weight is 327 g/mol. The smallest absolute Gasteiger partial charge is 0.237 e. The molecule has 0 saturated heterocycles. The van der Waals surface area contributed by atoms with E-state index in [0.29, 0.717) is 16.4 Å². The maximum absolute atomic E-state index is 13.0. The van der Waals surface area contributed by atoms with Crippen molar-refractivity contribution >= 4 is 39.7 Å². The summed E-state index contributed by atoms with van der Waals surface area (Å²) in [5.41, 5.74) is 6.40. The first-order valence-electron chi connectivity index (χ1n) is 5.94. The van der Waals surface area contributed by atoms with Crippen LogP contribution in [0.25, 0.3) is 0 Å². The van der Waals surface area contributed by atoms with Gasteiger partial charge in [-0.05, 0) is 36.4 Å². The molecule has 21 heavy (non-hydrogen) atoms. The van der Waals surface area contributed by atoms with Crippen LogP contribution in [0.3, 0.4) is 0 Å². The Balaban J connectivity index is 2.03. The molecule has 0 heterocycles. The number of hydrogen-bond acceptors (Lipinski definition) is 3. The van der Waals surface area contributed by atoms with Gasteiger partial charge >= 0.3 is 0 Å². The van der Waals surface area contributed by atoms with Gasteiger partial charge < -0.3 is 11.1 Å². The molecule has 0 aliphatic heterocycles. The summed E-state index contributed by atoms with van der Waals surface area (Å²) in [6.45, 7) is 0. The largest absolute Gasteiger partial charge is 0.399 e. The molecule has 0 aliphatic carbocycles. The van der Waals surface area contributed by atoms with E-state index in [0.717, 1.165) is 6.07 Å². The molecule has 0 aliphatic rings. The number of anilines is 2. The Hall–Kier alpha value is -1.92. The molecule has 0 aromatic heterocycles. The monoisotopic (exact) mass is 326 g/mol. The van der Waals surface area contributed by atoms with Crippen LogP contribution in [0.4, 0.5) is 15.8 Å². The van der Waals surface area contributed by atoms with E-state index in [1.807, 2.05) is 0 Å². The van der Waals surface area contributed by atoms with Gasteiger partial charge in [0.15, 0.2) is 0 Å². The number of halogens is 2. The van der Waals surface area contributed by atoms with Crippen molar-refractivity contribution in [3.63, 3.8) is 0 Å². The van der Waals surface area contributed by atoms with E-state index in [1.54, 1.807) is 12.1 Å². The molecule has 2 aromatic carbocycles. The van der Waals surface area contributed by atoms with E-state index in [4.69, 9.17) is 17.3 Å². The first-order valence-corrected chi connectivity index (χ1v) is 7.64. The zero-order valence-corrected chi connectivity index (χ0v) is 12.4. The minimum atomic E-state index is -1.63. The van der Waals surface area contributed by atoms with Crippen LogP contribution in [0.5, 0.6) is 0 Å². The van der Waals surface area contributed by atoms with Crippen molar-refractivity contribution in [1.29, 1.82) is 0 Å². The van der Waals surface area contributed by atoms with Crippen molar-refractivity contribution in [1.82, 2.24) is 0 Å². The Bertz CT molecular complexity index is 709. The lowest BCUT2D eigenvalue weighted by Crippen LogP contribution is -2.19. The maximum Gasteiger partial charge on any atom is 0.237 e. The molecule has 0 radical (unpaired) electrons. The number of amides is 1. The van der Waals surface area contributed by atoms with E-state index in [2.05, 4.69) is 5.32 Å². The molecule has 1 unspecified atom stereocenters. The van der Waals surface area contributed by atoms with Crippen molar-refractivity contribution in [3.05, 3.63) is 53.3 Å². The zero-order valence-electron chi connectivity index (χ0n) is 10.8. The van der Waals surface area contributed by atoms with Gasteiger partial charge in [-0.3, -0.25) is 9.00 Å². The van der Waals surface area contributed by atoms with Crippen LogP contribution in [-0.4, -0.2) is 15.9 Å². The molecule has 0 saturated carbocycles. The quantitative estimate of drug-likeness (QED) is 0.849. The van der Waals surface area contributed by atoms with Gasteiger partial charge in [-0.1, -0.05) is 17.7 Å². The summed E-state index contributed by atoms with van der Waals surface area (Å²) in [4.78, 5) is 12.1. The Kier molecular flexibility index (Phi) is 4.93. The third-order valence-electron chi connectivity index (χ3n) is 2.59. The van der Waals surface area contributed by atoms with Gasteiger partial charge in [0.25, 0.3) is 0 Å². The number of nitrogens with one attached hydrogen (secondary N) is 1. The number of rotatable bonds is 4. The van der Waals surface area contributed by atoms with Crippen LogP contribution >= 0.6 is 11.6 Å². The Labute approximate surface area is 128 Å². The number of nitrogen functional groups attached to an aromatic ring is 1. The first kappa shape index (κ1) is 15.5. The fourth-order valence-electron chi connectivity index (χ4n) is 1.63. The minimum Gasteiger partial charge on any atom is -0.399 e. The Morgan fingerprint density at radius 3 is 2.71 bits per heavy atom. The number of carbonyl (C=O) groups is 1. The summed E-state index contributed by atoms with van der Waals surface area (Å²) >= 11 is 5.93. The fraction of sp³-hybridized carbons (Fsp3) is 0.0714. The summed E-state index contributed by atoms with van der Waals surface area (Å²) in [6.07, 6.45) is 0. The van der Waals surface area contributed by atoms with E-state index < -0.39 is 22.5 Å². The summed E-state index contributed by atoms with van der Waals surface area (Å²) in [5, 5.41) is 2.83. The van der Waals surface area contributed by atoms with Crippen LogP contribution in [0.2, 0.25) is 5.02 Å². The highest BCUT2D eigenvalue weighted by Crippen LogP contribution is 2.24. The summed E-state index contributed by atoms with van der Waals surface area (Å²) < 4.78 is 25.0.